The first-order chi connectivity index (χ1) is 17.3. The molecule has 5 rings (SSSR count). The number of hydrogen-bond donors (Lipinski definition) is 2. The lowest BCUT2D eigenvalue weighted by molar-refractivity contribution is -0.122. The van der Waals surface area contributed by atoms with Gasteiger partial charge in [-0.1, -0.05) is 23.5 Å². The van der Waals surface area contributed by atoms with Gasteiger partial charge in [0, 0.05) is 36.0 Å². The number of benzene rings is 1. The van der Waals surface area contributed by atoms with E-state index < -0.39 is 18.8 Å². The summed E-state index contributed by atoms with van der Waals surface area (Å²) in [6.45, 7) is 1.93. The fraction of sp³-hybridized carbons (Fsp3) is 0.333. The predicted octanol–water partition coefficient (Wildman–Crippen LogP) is 4.84. The summed E-state index contributed by atoms with van der Waals surface area (Å²) < 4.78 is 38.9. The molecule has 3 aromatic heterocycles. The van der Waals surface area contributed by atoms with E-state index in [1.54, 1.807) is 41.0 Å². The summed E-state index contributed by atoms with van der Waals surface area (Å²) in [5.74, 6) is 0. The molecule has 4 aromatic rings. The summed E-state index contributed by atoms with van der Waals surface area (Å²) in [5, 5.41) is 14.8. The third-order valence-electron chi connectivity index (χ3n) is 5.93. The van der Waals surface area contributed by atoms with Crippen LogP contribution in [0.3, 0.4) is 0 Å². The summed E-state index contributed by atoms with van der Waals surface area (Å²) in [7, 11) is 0. The molecule has 0 saturated carbocycles. The maximum Gasteiger partial charge on any atom is 0.405 e. The largest absolute Gasteiger partial charge is 0.405 e. The van der Waals surface area contributed by atoms with Crippen molar-refractivity contribution in [1.82, 2.24) is 29.8 Å². The number of nitrogens with zero attached hydrogens (tertiary/aromatic N) is 5. The lowest BCUT2D eigenvalue weighted by atomic mass is 10.1. The van der Waals surface area contributed by atoms with E-state index in [0.717, 1.165) is 58.5 Å². The van der Waals surface area contributed by atoms with Gasteiger partial charge >= 0.3 is 12.2 Å². The molecule has 1 fully saturated rings. The van der Waals surface area contributed by atoms with E-state index in [9.17, 15) is 18.0 Å². The van der Waals surface area contributed by atoms with Gasteiger partial charge in [0.2, 0.25) is 0 Å². The van der Waals surface area contributed by atoms with Gasteiger partial charge in [-0.15, -0.1) is 10.2 Å². The van der Waals surface area contributed by atoms with Crippen molar-refractivity contribution in [3.63, 3.8) is 0 Å². The van der Waals surface area contributed by atoms with Crippen LogP contribution in [0.1, 0.15) is 17.8 Å². The Bertz CT molecular complexity index is 1360. The van der Waals surface area contributed by atoms with E-state index >= 15 is 0 Å². The highest BCUT2D eigenvalue weighted by molar-refractivity contribution is 7.14. The van der Waals surface area contributed by atoms with Crippen LogP contribution in [0.15, 0.2) is 48.8 Å². The first-order valence-corrected chi connectivity index (χ1v) is 12.4. The lowest BCUT2D eigenvalue weighted by Gasteiger charge is -2.12. The van der Waals surface area contributed by atoms with Crippen molar-refractivity contribution < 1.29 is 18.0 Å². The minimum absolute atomic E-state index is 0.370. The highest BCUT2D eigenvalue weighted by Gasteiger charge is 2.27. The number of halogens is 3. The number of carbonyl (C=O) groups excluding carboxylic acids is 1. The average Bonchev–Trinajstić information content (AvgIpc) is 3.62. The normalized spacial score (nSPS) is 14.4. The number of nitrogens with one attached hydrogen (secondary N) is 2. The number of hydrogen-bond acceptors (Lipinski definition) is 6. The number of anilines is 1. The van der Waals surface area contributed by atoms with Gasteiger partial charge in [0.25, 0.3) is 0 Å². The topological polar surface area (TPSA) is 87.4 Å². The molecule has 1 aliphatic heterocycles. The van der Waals surface area contributed by atoms with Crippen LogP contribution >= 0.6 is 11.3 Å². The monoisotopic (exact) mass is 515 g/mol. The number of aromatic nitrogens is 4. The number of amides is 2. The maximum absolute atomic E-state index is 12.3. The van der Waals surface area contributed by atoms with Crippen molar-refractivity contribution in [2.75, 3.05) is 31.5 Å². The second-order valence-corrected chi connectivity index (χ2v) is 9.65. The van der Waals surface area contributed by atoms with E-state index in [-0.39, 0.29) is 0 Å². The summed E-state index contributed by atoms with van der Waals surface area (Å²) >= 11 is 1.59. The predicted molar refractivity (Wildman–Crippen MR) is 132 cm³/mol. The van der Waals surface area contributed by atoms with Crippen LogP contribution in [0, 0.1) is 0 Å². The van der Waals surface area contributed by atoms with Crippen molar-refractivity contribution in [2.24, 2.45) is 0 Å². The molecule has 12 heteroatoms. The van der Waals surface area contributed by atoms with Gasteiger partial charge in [-0.2, -0.15) is 13.2 Å². The van der Waals surface area contributed by atoms with Crippen molar-refractivity contribution in [3.8, 4) is 21.8 Å². The van der Waals surface area contributed by atoms with E-state index in [1.165, 1.54) is 12.8 Å². The van der Waals surface area contributed by atoms with Crippen LogP contribution in [-0.2, 0) is 6.42 Å². The Balaban J connectivity index is 1.29. The molecule has 2 N–H and O–H groups in total. The van der Waals surface area contributed by atoms with E-state index in [0.29, 0.717) is 5.69 Å². The van der Waals surface area contributed by atoms with E-state index in [2.05, 4.69) is 25.4 Å². The van der Waals surface area contributed by atoms with Gasteiger partial charge in [-0.3, -0.25) is 4.40 Å². The zero-order valence-electron chi connectivity index (χ0n) is 19.3. The molecule has 188 valence electrons. The number of pyridine rings is 1. The highest BCUT2D eigenvalue weighted by atomic mass is 32.1. The molecular weight excluding hydrogens is 491 g/mol. The number of likely N-dealkylation sites (tertiary alicyclic amines) is 1. The van der Waals surface area contributed by atoms with Crippen molar-refractivity contribution in [1.29, 1.82) is 0 Å². The first-order valence-electron chi connectivity index (χ1n) is 11.6. The standard InChI is InChI=1S/C24H24F3N7OS/c25-24(26,27)15-29-23(35)30-18-5-3-4-16(12-18)19-14-28-20-13-17(6-11-34(19)20)22-32-31-21(36-22)7-10-33-8-1-2-9-33/h3-6,11-14H,1-2,7-10,15H2,(H2,29,30,35). The number of rotatable bonds is 7. The Morgan fingerprint density at radius 3 is 2.72 bits per heavy atom. The Morgan fingerprint density at radius 1 is 1.08 bits per heavy atom. The molecule has 0 atom stereocenters. The van der Waals surface area contributed by atoms with Crippen molar-refractivity contribution >= 4 is 28.7 Å². The van der Waals surface area contributed by atoms with Gasteiger partial charge in [-0.05, 0) is 50.2 Å². The summed E-state index contributed by atoms with van der Waals surface area (Å²) in [6, 6.07) is 9.82. The Morgan fingerprint density at radius 2 is 1.92 bits per heavy atom. The number of urea groups is 1. The lowest BCUT2D eigenvalue weighted by Crippen LogP contribution is -2.36. The molecule has 4 heterocycles. The molecule has 2 amide bonds. The summed E-state index contributed by atoms with van der Waals surface area (Å²) in [4.78, 5) is 18.8. The molecule has 0 bridgehead atoms. The summed E-state index contributed by atoms with van der Waals surface area (Å²) in [5.41, 5.74) is 3.55. The van der Waals surface area contributed by atoms with Gasteiger partial charge < -0.3 is 15.5 Å². The number of imidazole rings is 1. The minimum Gasteiger partial charge on any atom is -0.329 e. The van der Waals surface area contributed by atoms with Crippen LogP contribution in [0.5, 0.6) is 0 Å². The molecule has 8 nitrogen and oxygen atoms in total. The molecule has 1 saturated heterocycles. The quantitative estimate of drug-likeness (QED) is 0.368. The molecule has 0 aliphatic carbocycles. The third-order valence-corrected chi connectivity index (χ3v) is 6.97. The SMILES string of the molecule is O=C(NCC(F)(F)F)Nc1cccc(-c2cnc3cc(-c4nnc(CCN5CCCC5)s4)ccn23)c1. The van der Waals surface area contributed by atoms with Crippen LogP contribution in [-0.4, -0.2) is 62.9 Å². The van der Waals surface area contributed by atoms with E-state index in [4.69, 9.17) is 0 Å². The number of carbonyl (C=O) groups is 1. The van der Waals surface area contributed by atoms with Crippen LogP contribution in [0.2, 0.25) is 0 Å². The molecule has 0 unspecified atom stereocenters. The fourth-order valence-electron chi connectivity index (χ4n) is 4.17. The second-order valence-electron chi connectivity index (χ2n) is 8.59. The number of alkyl halides is 3. The molecule has 0 radical (unpaired) electrons. The Labute approximate surface area is 209 Å². The van der Waals surface area contributed by atoms with Crippen molar-refractivity contribution in [2.45, 2.75) is 25.4 Å². The first kappa shape index (κ1) is 24.2. The molecule has 0 spiro atoms. The molecular formula is C24H24F3N7OS. The van der Waals surface area contributed by atoms with Crippen LogP contribution < -0.4 is 10.6 Å². The zero-order chi connectivity index (χ0) is 25.1. The van der Waals surface area contributed by atoms with Crippen LogP contribution in [0.25, 0.3) is 27.5 Å². The fourth-order valence-corrected chi connectivity index (χ4v) is 5.00. The van der Waals surface area contributed by atoms with Crippen molar-refractivity contribution in [3.05, 3.63) is 53.8 Å². The molecule has 1 aliphatic rings. The van der Waals surface area contributed by atoms with Gasteiger partial charge in [0.15, 0.2) is 0 Å². The van der Waals surface area contributed by atoms with E-state index in [1.807, 2.05) is 28.8 Å². The zero-order valence-corrected chi connectivity index (χ0v) is 20.1. The average molecular weight is 516 g/mol. The Hall–Kier alpha value is -3.51. The maximum atomic E-state index is 12.3. The second kappa shape index (κ2) is 10.2. The Kier molecular flexibility index (Phi) is 6.88. The molecule has 1 aromatic carbocycles. The van der Waals surface area contributed by atoms with Crippen LogP contribution in [0.4, 0.5) is 23.7 Å². The highest BCUT2D eigenvalue weighted by Crippen LogP contribution is 2.28. The number of fused-ring (bicyclic) bond motifs is 1. The van der Waals surface area contributed by atoms with Gasteiger partial charge in [0.1, 0.15) is 22.2 Å². The third kappa shape index (κ3) is 5.82. The minimum atomic E-state index is -4.47. The van der Waals surface area contributed by atoms with Gasteiger partial charge in [0.05, 0.1) is 11.9 Å². The van der Waals surface area contributed by atoms with Gasteiger partial charge in [-0.25, -0.2) is 9.78 Å². The summed E-state index contributed by atoms with van der Waals surface area (Å²) in [6.07, 6.45) is 2.57. The molecule has 36 heavy (non-hydrogen) atoms. The smallest absolute Gasteiger partial charge is 0.329 e.